The fraction of sp³-hybridized carbons (Fsp3) is 0.206. The Bertz CT molecular complexity index is 2030. The van der Waals surface area contributed by atoms with Crippen LogP contribution >= 0.6 is 0 Å². The van der Waals surface area contributed by atoms with Gasteiger partial charge in [-0.25, -0.2) is 29.9 Å². The summed E-state index contributed by atoms with van der Waals surface area (Å²) in [5.74, 6) is 2.49. The van der Waals surface area contributed by atoms with Crippen molar-refractivity contribution >= 4 is 22.8 Å². The molecule has 46 heavy (non-hydrogen) atoms. The van der Waals surface area contributed by atoms with E-state index in [0.29, 0.717) is 35.0 Å². The van der Waals surface area contributed by atoms with Crippen LogP contribution in [0.15, 0.2) is 85.3 Å². The average Bonchev–Trinajstić information content (AvgIpc) is 3.48. The molecule has 5 aromatic heterocycles. The number of anilines is 2. The summed E-state index contributed by atoms with van der Waals surface area (Å²) in [6, 6.07) is 24.1. The second-order valence-corrected chi connectivity index (χ2v) is 11.1. The monoisotopic (exact) mass is 609 g/mol. The number of methoxy groups -OCH3 is 1. The number of hydrogen-bond donors (Lipinski definition) is 2. The van der Waals surface area contributed by atoms with Crippen LogP contribution in [0.4, 0.5) is 11.6 Å². The number of nitrogens with zero attached hydrogens (tertiary/aromatic N) is 9. The van der Waals surface area contributed by atoms with Gasteiger partial charge in [-0.15, -0.1) is 0 Å². The molecular weight excluding hydrogens is 578 g/mol. The molecule has 0 radical (unpaired) electrons. The molecule has 7 rings (SSSR count). The van der Waals surface area contributed by atoms with Crippen molar-refractivity contribution in [1.29, 1.82) is 5.26 Å². The first-order valence-electron chi connectivity index (χ1n) is 15.0. The van der Waals surface area contributed by atoms with Crippen LogP contribution in [0.5, 0.6) is 5.88 Å². The molecule has 1 aliphatic heterocycles. The van der Waals surface area contributed by atoms with E-state index in [2.05, 4.69) is 54.4 Å². The van der Waals surface area contributed by atoms with Crippen LogP contribution in [0.2, 0.25) is 0 Å². The van der Waals surface area contributed by atoms with Gasteiger partial charge in [0.25, 0.3) is 0 Å². The second-order valence-electron chi connectivity index (χ2n) is 11.1. The van der Waals surface area contributed by atoms with Crippen molar-refractivity contribution in [2.24, 2.45) is 0 Å². The lowest BCUT2D eigenvalue weighted by atomic mass is 10.0. The molecule has 0 amide bonds. The lowest BCUT2D eigenvalue weighted by molar-refractivity contribution is 0.211. The first-order chi connectivity index (χ1) is 22.6. The molecule has 1 fully saturated rings. The van der Waals surface area contributed by atoms with Gasteiger partial charge in [0.1, 0.15) is 23.2 Å². The van der Waals surface area contributed by atoms with Crippen LogP contribution in [0.1, 0.15) is 24.2 Å². The topological polar surface area (TPSA) is 157 Å². The number of benzene rings is 1. The maximum absolute atomic E-state index is 9.08. The predicted molar refractivity (Wildman–Crippen MR) is 175 cm³/mol. The number of hydrogen-bond acceptors (Lipinski definition) is 11. The first kappa shape index (κ1) is 28.8. The van der Waals surface area contributed by atoms with E-state index in [1.54, 1.807) is 31.8 Å². The summed E-state index contributed by atoms with van der Waals surface area (Å²) in [6.07, 6.45) is 7.01. The van der Waals surface area contributed by atoms with Crippen molar-refractivity contribution in [2.45, 2.75) is 25.4 Å². The molecule has 12 nitrogen and oxygen atoms in total. The van der Waals surface area contributed by atoms with Gasteiger partial charge in [-0.1, -0.05) is 12.1 Å². The highest BCUT2D eigenvalue weighted by molar-refractivity contribution is 5.84. The van der Waals surface area contributed by atoms with E-state index in [1.165, 1.54) is 5.56 Å². The van der Waals surface area contributed by atoms with E-state index in [9.17, 15) is 0 Å². The van der Waals surface area contributed by atoms with Crippen molar-refractivity contribution in [1.82, 2.24) is 39.4 Å². The molecule has 6 aromatic rings. The van der Waals surface area contributed by atoms with Gasteiger partial charge in [0, 0.05) is 61.6 Å². The lowest BCUT2D eigenvalue weighted by Gasteiger charge is -2.32. The van der Waals surface area contributed by atoms with Crippen LogP contribution in [-0.4, -0.2) is 65.6 Å². The van der Waals surface area contributed by atoms with Gasteiger partial charge in [0.2, 0.25) is 11.7 Å². The zero-order valence-electron chi connectivity index (χ0n) is 25.2. The standard InChI is InChI=1S/C34H31N11O/c1-46-31-11-6-23(20-39-31)27-9-10-28-34(41-27)45(33(42-28)26-3-2-15-38-32(26)36)25-7-4-22(5-8-25)21-44-17-13-24(14-18-44)40-29-12-16-37-30(19-35)43-29/h2-12,15-16,20,24H,13-14,17-18,21H2,1H3,(H2,36,38)(H,37,40,43). The number of fused-ring (bicyclic) bond motifs is 1. The van der Waals surface area contributed by atoms with Gasteiger partial charge >= 0.3 is 0 Å². The first-order valence-corrected chi connectivity index (χ1v) is 15.0. The highest BCUT2D eigenvalue weighted by Gasteiger charge is 2.21. The van der Waals surface area contributed by atoms with Gasteiger partial charge in [0.05, 0.1) is 18.4 Å². The average molecular weight is 610 g/mol. The summed E-state index contributed by atoms with van der Waals surface area (Å²) < 4.78 is 7.26. The molecule has 0 saturated carbocycles. The molecule has 3 N–H and O–H groups in total. The van der Waals surface area contributed by atoms with E-state index in [-0.39, 0.29) is 5.82 Å². The highest BCUT2D eigenvalue weighted by atomic mass is 16.5. The Morgan fingerprint density at radius 1 is 0.935 bits per heavy atom. The van der Waals surface area contributed by atoms with Crippen LogP contribution in [0.25, 0.3) is 39.5 Å². The number of likely N-dealkylation sites (tertiary alicyclic amines) is 1. The molecule has 228 valence electrons. The largest absolute Gasteiger partial charge is 0.481 e. The van der Waals surface area contributed by atoms with E-state index in [1.807, 2.05) is 47.0 Å². The molecule has 0 aliphatic carbocycles. The summed E-state index contributed by atoms with van der Waals surface area (Å²) in [5.41, 5.74) is 12.3. The van der Waals surface area contributed by atoms with Crippen molar-refractivity contribution in [3.05, 3.63) is 96.7 Å². The highest BCUT2D eigenvalue weighted by Crippen LogP contribution is 2.32. The molecular formula is C34H31N11O. The molecule has 12 heteroatoms. The van der Waals surface area contributed by atoms with Crippen molar-refractivity contribution in [3.8, 4) is 40.3 Å². The zero-order chi connectivity index (χ0) is 31.5. The number of pyridine rings is 3. The van der Waals surface area contributed by atoms with Gasteiger partial charge < -0.3 is 15.8 Å². The smallest absolute Gasteiger partial charge is 0.234 e. The summed E-state index contributed by atoms with van der Waals surface area (Å²) in [4.78, 5) is 29.3. The van der Waals surface area contributed by atoms with E-state index < -0.39 is 0 Å². The third kappa shape index (κ3) is 5.91. The number of ether oxygens (including phenoxy) is 1. The number of imidazole rings is 1. The van der Waals surface area contributed by atoms with Crippen LogP contribution in [0, 0.1) is 11.3 Å². The van der Waals surface area contributed by atoms with Crippen molar-refractivity contribution in [3.63, 3.8) is 0 Å². The minimum absolute atomic E-state index is 0.177. The Morgan fingerprint density at radius 3 is 2.52 bits per heavy atom. The molecule has 0 atom stereocenters. The molecule has 1 aliphatic rings. The molecule has 0 unspecified atom stereocenters. The number of piperidine rings is 1. The van der Waals surface area contributed by atoms with E-state index in [4.69, 9.17) is 25.7 Å². The normalized spacial score (nSPS) is 13.8. The van der Waals surface area contributed by atoms with Crippen LogP contribution < -0.4 is 15.8 Å². The maximum atomic E-state index is 9.08. The summed E-state index contributed by atoms with van der Waals surface area (Å²) in [7, 11) is 1.60. The summed E-state index contributed by atoms with van der Waals surface area (Å²) >= 11 is 0. The summed E-state index contributed by atoms with van der Waals surface area (Å²) in [5, 5.41) is 12.5. The number of nitrogens with two attached hydrogens (primary N) is 1. The Balaban J connectivity index is 1.13. The maximum Gasteiger partial charge on any atom is 0.234 e. The number of nitrogens with one attached hydrogen (secondary N) is 1. The number of nitrogen functional groups attached to an aromatic ring is 1. The molecule has 1 saturated heterocycles. The van der Waals surface area contributed by atoms with E-state index >= 15 is 0 Å². The Kier molecular flexibility index (Phi) is 7.89. The number of rotatable bonds is 8. The van der Waals surface area contributed by atoms with Crippen molar-refractivity contribution in [2.75, 3.05) is 31.2 Å². The van der Waals surface area contributed by atoms with Crippen LogP contribution in [-0.2, 0) is 6.54 Å². The fourth-order valence-corrected chi connectivity index (χ4v) is 5.75. The van der Waals surface area contributed by atoms with Gasteiger partial charge in [-0.05, 0) is 66.9 Å². The fourth-order valence-electron chi connectivity index (χ4n) is 5.75. The Morgan fingerprint density at radius 2 is 1.78 bits per heavy atom. The zero-order valence-corrected chi connectivity index (χ0v) is 25.2. The number of nitriles is 1. The van der Waals surface area contributed by atoms with Crippen molar-refractivity contribution < 1.29 is 4.74 Å². The summed E-state index contributed by atoms with van der Waals surface area (Å²) in [6.45, 7) is 2.76. The Hall–Kier alpha value is -5.93. The number of aromatic nitrogens is 7. The molecule has 0 spiro atoms. The SMILES string of the molecule is COc1ccc(-c2ccc3nc(-c4cccnc4N)n(-c4ccc(CN5CCC(Nc6ccnc(C#N)n6)CC5)cc4)c3n2)cn1. The predicted octanol–water partition coefficient (Wildman–Crippen LogP) is 4.87. The lowest BCUT2D eigenvalue weighted by Crippen LogP contribution is -2.38. The quantitative estimate of drug-likeness (QED) is 0.243. The van der Waals surface area contributed by atoms with Crippen LogP contribution in [0.3, 0.4) is 0 Å². The minimum atomic E-state index is 0.177. The van der Waals surface area contributed by atoms with Gasteiger partial charge in [-0.3, -0.25) is 9.47 Å². The van der Waals surface area contributed by atoms with Gasteiger partial charge in [0.15, 0.2) is 11.5 Å². The third-order valence-corrected chi connectivity index (χ3v) is 8.12. The van der Waals surface area contributed by atoms with E-state index in [0.717, 1.165) is 60.5 Å². The molecule has 0 bridgehead atoms. The molecule has 6 heterocycles. The molecule has 1 aromatic carbocycles. The minimum Gasteiger partial charge on any atom is -0.481 e. The Labute approximate surface area is 265 Å². The third-order valence-electron chi connectivity index (χ3n) is 8.12. The van der Waals surface area contributed by atoms with Gasteiger partial charge in [-0.2, -0.15) is 5.26 Å². The second kappa shape index (κ2) is 12.6.